The van der Waals surface area contributed by atoms with Gasteiger partial charge in [0.15, 0.2) is 0 Å². The Morgan fingerprint density at radius 1 is 0.759 bits per heavy atom. The van der Waals surface area contributed by atoms with E-state index < -0.39 is 5.41 Å². The van der Waals surface area contributed by atoms with Gasteiger partial charge in [0.2, 0.25) is 0 Å². The number of furan rings is 1. The van der Waals surface area contributed by atoms with E-state index in [2.05, 4.69) is 82.7 Å². The molecule has 136 valence electrons. The number of benzene rings is 3. The molecule has 2 aliphatic rings. The number of pyridine rings is 1. The third kappa shape index (κ3) is 1.72. The van der Waals surface area contributed by atoms with E-state index in [0.717, 1.165) is 21.5 Å². The molecule has 3 heteroatoms. The van der Waals surface area contributed by atoms with Crippen LogP contribution in [-0.2, 0) is 5.41 Å². The Labute approximate surface area is 176 Å². The summed E-state index contributed by atoms with van der Waals surface area (Å²) in [6.07, 6.45) is 1.89. The Balaban J connectivity index is 1.78. The van der Waals surface area contributed by atoms with E-state index in [1.54, 1.807) is 0 Å². The van der Waals surface area contributed by atoms with Gasteiger partial charge in [0.1, 0.15) is 11.3 Å². The SMILES string of the molecule is Brc1ccc2c(c1)C1(c3ccccc3-c3oc4ccccc4c31)c1cccnc1-2. The molecule has 0 saturated carbocycles. The van der Waals surface area contributed by atoms with Crippen molar-refractivity contribution in [1.29, 1.82) is 0 Å². The maximum absolute atomic E-state index is 6.45. The summed E-state index contributed by atoms with van der Waals surface area (Å²) in [5, 5.41) is 1.17. The second kappa shape index (κ2) is 5.25. The minimum Gasteiger partial charge on any atom is -0.456 e. The fourth-order valence-electron chi connectivity index (χ4n) is 5.41. The molecule has 29 heavy (non-hydrogen) atoms. The van der Waals surface area contributed by atoms with Gasteiger partial charge in [-0.25, -0.2) is 0 Å². The van der Waals surface area contributed by atoms with E-state index in [4.69, 9.17) is 9.40 Å². The number of hydrogen-bond acceptors (Lipinski definition) is 2. The highest BCUT2D eigenvalue weighted by Gasteiger charge is 2.54. The first-order valence-electron chi connectivity index (χ1n) is 9.68. The summed E-state index contributed by atoms with van der Waals surface area (Å²) in [7, 11) is 0. The van der Waals surface area contributed by atoms with E-state index in [-0.39, 0.29) is 0 Å². The van der Waals surface area contributed by atoms with Crippen molar-refractivity contribution < 1.29 is 4.42 Å². The molecule has 2 aromatic heterocycles. The lowest BCUT2D eigenvalue weighted by atomic mass is 9.70. The van der Waals surface area contributed by atoms with Crippen molar-refractivity contribution in [2.45, 2.75) is 5.41 Å². The second-order valence-corrected chi connectivity index (χ2v) is 8.60. The molecule has 0 saturated heterocycles. The van der Waals surface area contributed by atoms with Gasteiger partial charge in [-0.2, -0.15) is 0 Å². The topological polar surface area (TPSA) is 26.0 Å². The van der Waals surface area contributed by atoms with Crippen LogP contribution in [0.4, 0.5) is 0 Å². The molecule has 7 rings (SSSR count). The van der Waals surface area contributed by atoms with Crippen LogP contribution in [0.5, 0.6) is 0 Å². The second-order valence-electron chi connectivity index (χ2n) is 7.69. The number of para-hydroxylation sites is 1. The smallest absolute Gasteiger partial charge is 0.140 e. The average Bonchev–Trinajstić information content (AvgIpc) is 3.37. The van der Waals surface area contributed by atoms with Crippen molar-refractivity contribution in [2.75, 3.05) is 0 Å². The van der Waals surface area contributed by atoms with Crippen molar-refractivity contribution in [2.24, 2.45) is 0 Å². The van der Waals surface area contributed by atoms with E-state index in [9.17, 15) is 0 Å². The van der Waals surface area contributed by atoms with Gasteiger partial charge < -0.3 is 4.42 Å². The van der Waals surface area contributed by atoms with Crippen LogP contribution in [0, 0.1) is 0 Å². The van der Waals surface area contributed by atoms with E-state index in [0.29, 0.717) is 0 Å². The molecule has 0 amide bonds. The van der Waals surface area contributed by atoms with Crippen LogP contribution in [0.2, 0.25) is 0 Å². The van der Waals surface area contributed by atoms with Gasteiger partial charge in [-0.3, -0.25) is 4.98 Å². The van der Waals surface area contributed by atoms with E-state index in [1.165, 1.54) is 38.8 Å². The molecule has 1 unspecified atom stereocenters. The molecular weight excluding hydrogens is 422 g/mol. The Morgan fingerprint density at radius 2 is 1.59 bits per heavy atom. The molecule has 1 spiro atoms. The summed E-state index contributed by atoms with van der Waals surface area (Å²) < 4.78 is 7.52. The summed E-state index contributed by atoms with van der Waals surface area (Å²) in [6.45, 7) is 0. The van der Waals surface area contributed by atoms with Gasteiger partial charge in [-0.15, -0.1) is 0 Å². The van der Waals surface area contributed by atoms with Gasteiger partial charge in [-0.05, 0) is 41.0 Å². The zero-order valence-corrected chi connectivity index (χ0v) is 16.9. The third-order valence-corrected chi connectivity index (χ3v) is 6.89. The maximum atomic E-state index is 6.45. The Hall–Kier alpha value is -3.17. The van der Waals surface area contributed by atoms with Crippen molar-refractivity contribution in [1.82, 2.24) is 4.98 Å². The lowest BCUT2D eigenvalue weighted by Gasteiger charge is -2.29. The molecule has 1 atom stereocenters. The largest absolute Gasteiger partial charge is 0.456 e. The lowest BCUT2D eigenvalue weighted by Crippen LogP contribution is -2.25. The fraction of sp³-hybridized carbons (Fsp3) is 0.0385. The number of fused-ring (bicyclic) bond motifs is 12. The van der Waals surface area contributed by atoms with Crippen molar-refractivity contribution >= 4 is 26.9 Å². The first kappa shape index (κ1) is 15.7. The summed E-state index contributed by atoms with van der Waals surface area (Å²) in [5.74, 6) is 0.976. The summed E-state index contributed by atoms with van der Waals surface area (Å²) in [6, 6.07) is 27.8. The predicted octanol–water partition coefficient (Wildman–Crippen LogP) is 6.93. The molecule has 0 radical (unpaired) electrons. The molecule has 5 aromatic rings. The Morgan fingerprint density at radius 3 is 2.55 bits per heavy atom. The normalized spacial score (nSPS) is 18.0. The number of rotatable bonds is 0. The zero-order chi connectivity index (χ0) is 19.2. The molecule has 0 aliphatic heterocycles. The summed E-state index contributed by atoms with van der Waals surface area (Å²) in [4.78, 5) is 4.81. The maximum Gasteiger partial charge on any atom is 0.140 e. The van der Waals surface area contributed by atoms with E-state index in [1.807, 2.05) is 18.3 Å². The van der Waals surface area contributed by atoms with Crippen LogP contribution >= 0.6 is 15.9 Å². The summed E-state index contributed by atoms with van der Waals surface area (Å²) >= 11 is 3.72. The van der Waals surface area contributed by atoms with Crippen LogP contribution in [0.25, 0.3) is 33.6 Å². The lowest BCUT2D eigenvalue weighted by molar-refractivity contribution is 0.628. The van der Waals surface area contributed by atoms with Crippen molar-refractivity contribution in [3.8, 4) is 22.6 Å². The fourth-order valence-corrected chi connectivity index (χ4v) is 5.77. The Kier molecular flexibility index (Phi) is 2.84. The van der Waals surface area contributed by atoms with Crippen LogP contribution in [-0.4, -0.2) is 4.98 Å². The molecule has 2 aliphatic carbocycles. The standard InChI is InChI=1S/C26H14BrNO/c27-15-11-12-16-21(14-15)26(20-9-5-13-28-24(16)20)19-8-3-1-6-17(19)25-23(26)18-7-2-4-10-22(18)29-25/h1-14H. The molecular formula is C26H14BrNO. The Bertz CT molecular complexity index is 1480. The van der Waals surface area contributed by atoms with Gasteiger partial charge >= 0.3 is 0 Å². The molecule has 0 fully saturated rings. The van der Waals surface area contributed by atoms with Crippen LogP contribution in [0.3, 0.4) is 0 Å². The number of halogens is 1. The highest BCUT2D eigenvalue weighted by molar-refractivity contribution is 9.10. The van der Waals surface area contributed by atoms with Gasteiger partial charge in [-0.1, -0.05) is 70.5 Å². The highest BCUT2D eigenvalue weighted by Crippen LogP contribution is 2.64. The molecule has 2 heterocycles. The molecule has 0 bridgehead atoms. The molecule has 2 nitrogen and oxygen atoms in total. The van der Waals surface area contributed by atoms with Gasteiger partial charge in [0.05, 0.1) is 11.1 Å². The van der Waals surface area contributed by atoms with Crippen LogP contribution < -0.4 is 0 Å². The first-order chi connectivity index (χ1) is 14.3. The van der Waals surface area contributed by atoms with E-state index >= 15 is 0 Å². The third-order valence-electron chi connectivity index (χ3n) is 6.40. The zero-order valence-electron chi connectivity index (χ0n) is 15.3. The average molecular weight is 436 g/mol. The first-order valence-corrected chi connectivity index (χ1v) is 10.5. The molecule has 0 N–H and O–H groups in total. The minimum absolute atomic E-state index is 0.415. The quantitative estimate of drug-likeness (QED) is 0.258. The van der Waals surface area contributed by atoms with Crippen LogP contribution in [0.1, 0.15) is 22.3 Å². The number of hydrogen-bond donors (Lipinski definition) is 0. The summed E-state index contributed by atoms with van der Waals surface area (Å²) in [5.41, 5.74) is 8.93. The van der Waals surface area contributed by atoms with Gasteiger partial charge in [0.25, 0.3) is 0 Å². The predicted molar refractivity (Wildman–Crippen MR) is 118 cm³/mol. The minimum atomic E-state index is -0.415. The number of nitrogens with zero attached hydrogens (tertiary/aromatic N) is 1. The van der Waals surface area contributed by atoms with Crippen LogP contribution in [0.15, 0.2) is 93.9 Å². The highest BCUT2D eigenvalue weighted by atomic mass is 79.9. The monoisotopic (exact) mass is 435 g/mol. The molecule has 3 aromatic carbocycles. The van der Waals surface area contributed by atoms with Crippen molar-refractivity contribution in [3.05, 3.63) is 112 Å². The van der Waals surface area contributed by atoms with Gasteiger partial charge in [0, 0.05) is 32.7 Å². The number of aromatic nitrogens is 1. The van der Waals surface area contributed by atoms with Crippen molar-refractivity contribution in [3.63, 3.8) is 0 Å².